The predicted octanol–water partition coefficient (Wildman–Crippen LogP) is 0.896. The third-order valence-corrected chi connectivity index (χ3v) is 2.80. The SMILES string of the molecule is COC(=O)c1c2c(nn1C(C)C)CCNC2. The molecule has 0 aromatic carbocycles. The maximum atomic E-state index is 11.8. The van der Waals surface area contributed by atoms with E-state index in [2.05, 4.69) is 10.4 Å². The third kappa shape index (κ3) is 1.71. The molecule has 0 amide bonds. The van der Waals surface area contributed by atoms with Gasteiger partial charge in [-0.25, -0.2) is 4.79 Å². The summed E-state index contributed by atoms with van der Waals surface area (Å²) in [5.41, 5.74) is 2.61. The Labute approximate surface area is 94.8 Å². The van der Waals surface area contributed by atoms with Crippen molar-refractivity contribution in [3.63, 3.8) is 0 Å². The first-order chi connectivity index (χ1) is 7.65. The molecule has 0 unspecified atom stereocenters. The molecule has 5 heteroatoms. The maximum absolute atomic E-state index is 11.8. The topological polar surface area (TPSA) is 56.1 Å². The molecule has 1 aliphatic rings. The Morgan fingerprint density at radius 3 is 2.94 bits per heavy atom. The second kappa shape index (κ2) is 4.25. The van der Waals surface area contributed by atoms with E-state index >= 15 is 0 Å². The highest BCUT2D eigenvalue weighted by molar-refractivity contribution is 5.89. The van der Waals surface area contributed by atoms with Crippen LogP contribution in [-0.2, 0) is 17.7 Å². The van der Waals surface area contributed by atoms with Crippen molar-refractivity contribution in [1.82, 2.24) is 15.1 Å². The Kier molecular flexibility index (Phi) is 2.96. The summed E-state index contributed by atoms with van der Waals surface area (Å²) in [7, 11) is 1.41. The average Bonchev–Trinajstić information content (AvgIpc) is 2.67. The molecule has 0 saturated heterocycles. The van der Waals surface area contributed by atoms with Gasteiger partial charge in [-0.15, -0.1) is 0 Å². The van der Waals surface area contributed by atoms with E-state index in [9.17, 15) is 4.79 Å². The fourth-order valence-electron chi connectivity index (χ4n) is 2.01. The second-order valence-electron chi connectivity index (χ2n) is 4.23. The van der Waals surface area contributed by atoms with Crippen LogP contribution >= 0.6 is 0 Å². The van der Waals surface area contributed by atoms with Gasteiger partial charge in [0.1, 0.15) is 0 Å². The van der Waals surface area contributed by atoms with E-state index in [1.807, 2.05) is 13.8 Å². The van der Waals surface area contributed by atoms with Crippen molar-refractivity contribution in [2.75, 3.05) is 13.7 Å². The molecule has 16 heavy (non-hydrogen) atoms. The molecule has 2 rings (SSSR count). The summed E-state index contributed by atoms with van der Waals surface area (Å²) in [6.45, 7) is 5.64. The van der Waals surface area contributed by atoms with Gasteiger partial charge in [0.15, 0.2) is 5.69 Å². The number of nitrogens with one attached hydrogen (secondary N) is 1. The van der Waals surface area contributed by atoms with E-state index in [0.29, 0.717) is 12.2 Å². The molecule has 1 aromatic rings. The number of carbonyl (C=O) groups excluding carboxylic acids is 1. The Hall–Kier alpha value is -1.36. The van der Waals surface area contributed by atoms with Crippen molar-refractivity contribution in [2.24, 2.45) is 0 Å². The number of rotatable bonds is 2. The van der Waals surface area contributed by atoms with E-state index < -0.39 is 0 Å². The van der Waals surface area contributed by atoms with Crippen LogP contribution in [0.5, 0.6) is 0 Å². The maximum Gasteiger partial charge on any atom is 0.356 e. The Bertz CT molecular complexity index is 410. The van der Waals surface area contributed by atoms with Crippen LogP contribution in [0, 0.1) is 0 Å². The summed E-state index contributed by atoms with van der Waals surface area (Å²) >= 11 is 0. The minimum absolute atomic E-state index is 0.166. The van der Waals surface area contributed by atoms with Crippen molar-refractivity contribution < 1.29 is 9.53 Å². The van der Waals surface area contributed by atoms with Crippen LogP contribution in [0.25, 0.3) is 0 Å². The van der Waals surface area contributed by atoms with Gasteiger partial charge in [-0.05, 0) is 13.8 Å². The summed E-state index contributed by atoms with van der Waals surface area (Å²) < 4.78 is 6.59. The molecule has 1 N–H and O–H groups in total. The Balaban J connectivity index is 2.52. The molecule has 0 radical (unpaired) electrons. The number of ether oxygens (including phenoxy) is 1. The van der Waals surface area contributed by atoms with Crippen LogP contribution in [0.2, 0.25) is 0 Å². The molecule has 1 aromatic heterocycles. The first-order valence-electron chi connectivity index (χ1n) is 5.54. The van der Waals surface area contributed by atoms with Crippen LogP contribution < -0.4 is 5.32 Å². The van der Waals surface area contributed by atoms with Gasteiger partial charge in [0, 0.05) is 31.1 Å². The number of hydrogen-bond acceptors (Lipinski definition) is 4. The predicted molar refractivity (Wildman–Crippen MR) is 59.4 cm³/mol. The lowest BCUT2D eigenvalue weighted by molar-refractivity contribution is 0.0583. The van der Waals surface area contributed by atoms with Crippen molar-refractivity contribution in [2.45, 2.75) is 32.9 Å². The fraction of sp³-hybridized carbons (Fsp3) is 0.636. The number of nitrogens with zero attached hydrogens (tertiary/aromatic N) is 2. The highest BCUT2D eigenvalue weighted by Gasteiger charge is 2.26. The van der Waals surface area contributed by atoms with Crippen LogP contribution in [0.4, 0.5) is 0 Å². The normalized spacial score (nSPS) is 15.0. The zero-order valence-electron chi connectivity index (χ0n) is 9.91. The van der Waals surface area contributed by atoms with Gasteiger partial charge in [0.05, 0.1) is 12.8 Å². The number of carbonyl (C=O) groups is 1. The van der Waals surface area contributed by atoms with Gasteiger partial charge in [-0.1, -0.05) is 0 Å². The van der Waals surface area contributed by atoms with Crippen LogP contribution in [0.3, 0.4) is 0 Å². The first kappa shape index (κ1) is 11.1. The monoisotopic (exact) mass is 223 g/mol. The molecule has 88 valence electrons. The fourth-order valence-corrected chi connectivity index (χ4v) is 2.01. The average molecular weight is 223 g/mol. The summed E-state index contributed by atoms with van der Waals surface area (Å²) in [6, 6.07) is 0.166. The van der Waals surface area contributed by atoms with Crippen LogP contribution in [-0.4, -0.2) is 29.4 Å². The molecule has 5 nitrogen and oxygen atoms in total. The largest absolute Gasteiger partial charge is 0.464 e. The van der Waals surface area contributed by atoms with Gasteiger partial charge in [-0.3, -0.25) is 4.68 Å². The first-order valence-corrected chi connectivity index (χ1v) is 5.54. The molecule has 1 aliphatic heterocycles. The van der Waals surface area contributed by atoms with Crippen molar-refractivity contribution >= 4 is 5.97 Å². The van der Waals surface area contributed by atoms with Crippen LogP contribution in [0.15, 0.2) is 0 Å². The van der Waals surface area contributed by atoms with E-state index in [1.165, 1.54) is 7.11 Å². The van der Waals surface area contributed by atoms with E-state index in [0.717, 1.165) is 24.2 Å². The van der Waals surface area contributed by atoms with Gasteiger partial charge in [0.25, 0.3) is 0 Å². The zero-order chi connectivity index (χ0) is 11.7. The Morgan fingerprint density at radius 2 is 2.31 bits per heavy atom. The molecular formula is C11H17N3O2. The lowest BCUT2D eigenvalue weighted by Gasteiger charge is -2.12. The molecule has 0 bridgehead atoms. The molecule has 0 atom stereocenters. The standard InChI is InChI=1S/C11H17N3O2/c1-7(2)14-10(11(15)16-3)8-6-12-5-4-9(8)13-14/h7,12H,4-6H2,1-3H3. The quantitative estimate of drug-likeness (QED) is 0.757. The highest BCUT2D eigenvalue weighted by Crippen LogP contribution is 2.21. The molecule has 0 saturated carbocycles. The van der Waals surface area contributed by atoms with Crippen molar-refractivity contribution in [3.8, 4) is 0 Å². The van der Waals surface area contributed by atoms with Gasteiger partial charge >= 0.3 is 5.97 Å². The highest BCUT2D eigenvalue weighted by atomic mass is 16.5. The molecule has 0 spiro atoms. The zero-order valence-corrected chi connectivity index (χ0v) is 9.91. The minimum Gasteiger partial charge on any atom is -0.464 e. The summed E-state index contributed by atoms with van der Waals surface area (Å²) in [5, 5.41) is 7.75. The lowest BCUT2D eigenvalue weighted by atomic mass is 10.1. The van der Waals surface area contributed by atoms with Gasteiger partial charge < -0.3 is 10.1 Å². The summed E-state index contributed by atoms with van der Waals surface area (Å²) in [4.78, 5) is 11.8. The molecular weight excluding hydrogens is 206 g/mol. The van der Waals surface area contributed by atoms with Crippen molar-refractivity contribution in [3.05, 3.63) is 17.0 Å². The van der Waals surface area contributed by atoms with Gasteiger partial charge in [-0.2, -0.15) is 5.10 Å². The molecule has 0 aliphatic carbocycles. The Morgan fingerprint density at radius 1 is 1.56 bits per heavy atom. The van der Waals surface area contributed by atoms with E-state index in [-0.39, 0.29) is 12.0 Å². The van der Waals surface area contributed by atoms with E-state index in [1.54, 1.807) is 4.68 Å². The van der Waals surface area contributed by atoms with E-state index in [4.69, 9.17) is 4.74 Å². The number of esters is 1. The summed E-state index contributed by atoms with van der Waals surface area (Å²) in [6.07, 6.45) is 0.874. The second-order valence-corrected chi connectivity index (χ2v) is 4.23. The number of fused-ring (bicyclic) bond motifs is 1. The lowest BCUT2D eigenvalue weighted by Crippen LogP contribution is -2.24. The number of methoxy groups -OCH3 is 1. The molecule has 0 fully saturated rings. The number of hydrogen-bond donors (Lipinski definition) is 1. The third-order valence-electron chi connectivity index (χ3n) is 2.80. The van der Waals surface area contributed by atoms with Crippen LogP contribution in [0.1, 0.15) is 41.6 Å². The summed E-state index contributed by atoms with van der Waals surface area (Å²) in [5.74, 6) is -0.300. The van der Waals surface area contributed by atoms with Gasteiger partial charge in [0.2, 0.25) is 0 Å². The van der Waals surface area contributed by atoms with Crippen molar-refractivity contribution in [1.29, 1.82) is 0 Å². The smallest absolute Gasteiger partial charge is 0.356 e. The minimum atomic E-state index is -0.300. The molecule has 2 heterocycles. The number of aromatic nitrogens is 2.